The van der Waals surface area contributed by atoms with Gasteiger partial charge in [0.15, 0.2) is 5.60 Å². The van der Waals surface area contributed by atoms with E-state index < -0.39 is 11.0 Å². The first-order valence-corrected chi connectivity index (χ1v) is 19.7. The van der Waals surface area contributed by atoms with Crippen LogP contribution in [0.4, 0.5) is 8.78 Å². The van der Waals surface area contributed by atoms with E-state index in [1.54, 1.807) is 35.7 Å². The molecule has 7 aromatic carbocycles. The van der Waals surface area contributed by atoms with Gasteiger partial charge in [-0.2, -0.15) is 0 Å². The maximum atomic E-state index is 15.3. The van der Waals surface area contributed by atoms with Gasteiger partial charge < -0.3 is 4.74 Å². The summed E-state index contributed by atoms with van der Waals surface area (Å²) in [5.41, 5.74) is 5.59. The molecule has 0 amide bonds. The number of halogens is 2. The molecule has 0 unspecified atom stereocenters. The minimum Gasteiger partial charge on any atom is -0.472 e. The predicted octanol–water partition coefficient (Wildman–Crippen LogP) is 13.9. The van der Waals surface area contributed by atoms with E-state index in [2.05, 4.69) is 98.8 Å². The highest BCUT2D eigenvalue weighted by Crippen LogP contribution is 2.60. The van der Waals surface area contributed by atoms with Gasteiger partial charge in [-0.05, 0) is 119 Å². The Labute approximate surface area is 317 Å². The highest BCUT2D eigenvalue weighted by Gasteiger charge is 2.47. The molecule has 1 heterocycles. The normalized spacial score (nSPS) is 14.7. The third-order valence-corrected chi connectivity index (χ3v) is 13.0. The lowest BCUT2D eigenvalue weighted by Gasteiger charge is -2.39. The summed E-state index contributed by atoms with van der Waals surface area (Å²) < 4.78 is 37.8. The van der Waals surface area contributed by atoms with Gasteiger partial charge in [0.25, 0.3) is 0 Å². The van der Waals surface area contributed by atoms with Crippen LogP contribution in [0.5, 0.6) is 5.75 Å². The molecule has 0 atom stereocenters. The molecular formula is C48H36F2OS2. The number of benzene rings is 7. The molecule has 1 aliphatic heterocycles. The summed E-state index contributed by atoms with van der Waals surface area (Å²) in [5.74, 6) is 0.0638. The van der Waals surface area contributed by atoms with Gasteiger partial charge in [-0.1, -0.05) is 116 Å². The average molecular weight is 731 g/mol. The lowest BCUT2D eigenvalue weighted by molar-refractivity contribution is 0.163. The fourth-order valence-electron chi connectivity index (χ4n) is 8.41. The second-order valence-corrected chi connectivity index (χ2v) is 16.0. The van der Waals surface area contributed by atoms with Crippen LogP contribution in [-0.4, -0.2) is 0 Å². The molecular weight excluding hydrogens is 695 g/mol. The summed E-state index contributed by atoms with van der Waals surface area (Å²) in [6.07, 6.45) is 5.92. The molecule has 0 radical (unpaired) electrons. The SMILES string of the molecule is CCC1(CC)c2cc(F)ccc2-c2c1c1c(c3cc(F)ccc23)OC(c2ccc(Sc3ccccc3)cc2)(c2ccc(Sc3ccccc3)cc2)C=C1. The lowest BCUT2D eigenvalue weighted by atomic mass is 9.71. The van der Waals surface area contributed by atoms with Crippen LogP contribution >= 0.6 is 23.5 Å². The van der Waals surface area contributed by atoms with Crippen LogP contribution in [0, 0.1) is 11.6 Å². The Hall–Kier alpha value is -5.10. The summed E-state index contributed by atoms with van der Waals surface area (Å²) >= 11 is 3.43. The van der Waals surface area contributed by atoms with Crippen molar-refractivity contribution in [2.75, 3.05) is 0 Å². The Morgan fingerprint density at radius 1 is 0.566 bits per heavy atom. The van der Waals surface area contributed by atoms with Crippen LogP contribution < -0.4 is 4.74 Å². The van der Waals surface area contributed by atoms with Crippen molar-refractivity contribution in [2.45, 2.75) is 57.3 Å². The molecule has 7 aromatic rings. The first kappa shape index (κ1) is 33.7. The van der Waals surface area contributed by atoms with Crippen LogP contribution in [0.25, 0.3) is 28.0 Å². The van der Waals surface area contributed by atoms with Crippen molar-refractivity contribution in [3.8, 4) is 16.9 Å². The first-order chi connectivity index (χ1) is 25.9. The summed E-state index contributed by atoms with van der Waals surface area (Å²) in [5, 5.41) is 1.61. The molecule has 0 bridgehead atoms. The number of hydrogen-bond acceptors (Lipinski definition) is 3. The van der Waals surface area contributed by atoms with Crippen molar-refractivity contribution in [3.05, 3.63) is 191 Å². The third-order valence-electron chi connectivity index (χ3n) is 11.0. The van der Waals surface area contributed by atoms with E-state index in [1.807, 2.05) is 48.5 Å². The number of rotatable bonds is 8. The van der Waals surface area contributed by atoms with Gasteiger partial charge in [0, 0.05) is 47.1 Å². The largest absolute Gasteiger partial charge is 0.472 e. The molecule has 5 heteroatoms. The van der Waals surface area contributed by atoms with Crippen LogP contribution in [0.1, 0.15) is 54.5 Å². The Bertz CT molecular complexity index is 2420. The second kappa shape index (κ2) is 13.4. The minimum absolute atomic E-state index is 0.249. The lowest BCUT2D eigenvalue weighted by Crippen LogP contribution is -2.35. The van der Waals surface area contributed by atoms with E-state index >= 15 is 4.39 Å². The molecule has 0 aromatic heterocycles. The molecule has 9 rings (SSSR count). The topological polar surface area (TPSA) is 9.23 Å². The highest BCUT2D eigenvalue weighted by molar-refractivity contribution is 7.99. The quantitative estimate of drug-likeness (QED) is 0.154. The molecule has 0 spiro atoms. The summed E-state index contributed by atoms with van der Waals surface area (Å²) in [6, 6.07) is 48.0. The number of fused-ring (bicyclic) bond motifs is 8. The van der Waals surface area contributed by atoms with Gasteiger partial charge in [-0.25, -0.2) is 8.78 Å². The molecule has 0 fully saturated rings. The van der Waals surface area contributed by atoms with E-state index in [9.17, 15) is 4.39 Å². The number of hydrogen-bond donors (Lipinski definition) is 0. The van der Waals surface area contributed by atoms with Gasteiger partial charge in [-0.15, -0.1) is 0 Å². The van der Waals surface area contributed by atoms with Crippen molar-refractivity contribution >= 4 is 40.4 Å². The third kappa shape index (κ3) is 5.60. The summed E-state index contributed by atoms with van der Waals surface area (Å²) in [4.78, 5) is 4.58. The monoisotopic (exact) mass is 730 g/mol. The van der Waals surface area contributed by atoms with Crippen molar-refractivity contribution in [1.29, 1.82) is 0 Å². The Morgan fingerprint density at radius 2 is 1.09 bits per heavy atom. The fraction of sp³-hybridized carbons (Fsp3) is 0.125. The maximum Gasteiger partial charge on any atom is 0.178 e. The van der Waals surface area contributed by atoms with Gasteiger partial charge >= 0.3 is 0 Å². The standard InChI is InChI=1S/C48H36F2OS2/c1-3-47(4-2)43-30-34(50)20-26-40(43)44-39-25-19-33(49)29-42(39)46-41(45(44)47)27-28-48(51-46,31-15-21-37(22-16-31)52-35-11-7-5-8-12-35)32-17-23-38(24-18-32)53-36-13-9-6-10-14-36/h5-30H,3-4H2,1-2H3. The zero-order chi connectivity index (χ0) is 36.2. The van der Waals surface area contributed by atoms with Gasteiger partial charge in [-0.3, -0.25) is 0 Å². The van der Waals surface area contributed by atoms with Gasteiger partial charge in [0.1, 0.15) is 17.4 Å². The molecule has 260 valence electrons. The van der Waals surface area contributed by atoms with Crippen LogP contribution in [-0.2, 0) is 11.0 Å². The fourth-order valence-corrected chi connectivity index (χ4v) is 10.1. The number of ether oxygens (including phenoxy) is 1. The molecule has 1 nitrogen and oxygen atoms in total. The van der Waals surface area contributed by atoms with Crippen molar-refractivity contribution in [2.24, 2.45) is 0 Å². The predicted molar refractivity (Wildman–Crippen MR) is 215 cm³/mol. The van der Waals surface area contributed by atoms with Crippen LogP contribution in [0.15, 0.2) is 171 Å². The summed E-state index contributed by atoms with van der Waals surface area (Å²) in [6.45, 7) is 4.35. The molecule has 53 heavy (non-hydrogen) atoms. The molecule has 1 aliphatic carbocycles. The van der Waals surface area contributed by atoms with Crippen molar-refractivity contribution in [1.82, 2.24) is 0 Å². The average Bonchev–Trinajstić information content (AvgIpc) is 3.49. The smallest absolute Gasteiger partial charge is 0.178 e. The van der Waals surface area contributed by atoms with E-state index in [0.29, 0.717) is 11.1 Å². The van der Waals surface area contributed by atoms with E-state index in [0.717, 1.165) is 67.0 Å². The van der Waals surface area contributed by atoms with Crippen LogP contribution in [0.2, 0.25) is 0 Å². The second-order valence-electron chi connectivity index (χ2n) is 13.7. The Morgan fingerprint density at radius 3 is 1.66 bits per heavy atom. The Kier molecular flexibility index (Phi) is 8.52. The van der Waals surface area contributed by atoms with E-state index in [-0.39, 0.29) is 11.6 Å². The molecule has 0 N–H and O–H groups in total. The van der Waals surface area contributed by atoms with Gasteiger partial charge in [0.05, 0.1) is 0 Å². The zero-order valence-electron chi connectivity index (χ0n) is 29.4. The zero-order valence-corrected chi connectivity index (χ0v) is 31.0. The summed E-state index contributed by atoms with van der Waals surface area (Å²) in [7, 11) is 0. The van der Waals surface area contributed by atoms with Gasteiger partial charge in [0.2, 0.25) is 0 Å². The Balaban J connectivity index is 1.24. The van der Waals surface area contributed by atoms with E-state index in [1.165, 1.54) is 21.9 Å². The van der Waals surface area contributed by atoms with Crippen molar-refractivity contribution in [3.63, 3.8) is 0 Å². The molecule has 0 saturated heterocycles. The molecule has 2 aliphatic rings. The highest BCUT2D eigenvalue weighted by atomic mass is 32.2. The molecule has 0 saturated carbocycles. The van der Waals surface area contributed by atoms with Crippen LogP contribution in [0.3, 0.4) is 0 Å². The first-order valence-electron chi connectivity index (χ1n) is 18.1. The van der Waals surface area contributed by atoms with Crippen molar-refractivity contribution < 1.29 is 13.5 Å². The van der Waals surface area contributed by atoms with E-state index in [4.69, 9.17) is 4.74 Å². The minimum atomic E-state index is -1.01. The maximum absolute atomic E-state index is 15.3.